The number of benzene rings is 2. The second-order valence-corrected chi connectivity index (χ2v) is 6.64. The molecule has 27 heavy (non-hydrogen) atoms. The lowest BCUT2D eigenvalue weighted by atomic mass is 10.1. The fourth-order valence-electron chi connectivity index (χ4n) is 3.36. The number of para-hydroxylation sites is 1. The summed E-state index contributed by atoms with van der Waals surface area (Å²) in [6.07, 6.45) is 3.47. The van der Waals surface area contributed by atoms with E-state index in [-0.39, 0.29) is 6.03 Å². The third-order valence-corrected chi connectivity index (χ3v) is 4.89. The van der Waals surface area contributed by atoms with Crippen molar-refractivity contribution >= 4 is 11.7 Å². The van der Waals surface area contributed by atoms with E-state index >= 15 is 0 Å². The van der Waals surface area contributed by atoms with Crippen molar-refractivity contribution in [3.63, 3.8) is 0 Å². The van der Waals surface area contributed by atoms with Crippen LogP contribution in [0.25, 0.3) is 11.4 Å². The van der Waals surface area contributed by atoms with Crippen LogP contribution in [0.3, 0.4) is 0 Å². The standard InChI is InChI=1S/C22H22N4O/c1-2-16-8-6-7-11-19(16)25-22(27)26-13-12-20-18(15-26)14-23-21(24-20)17-9-4-3-5-10-17/h3-11,14H,2,12-13,15H2,1H3,(H,25,27). The van der Waals surface area contributed by atoms with Gasteiger partial charge in [-0.15, -0.1) is 0 Å². The number of urea groups is 1. The quantitative estimate of drug-likeness (QED) is 0.759. The highest BCUT2D eigenvalue weighted by Gasteiger charge is 2.23. The van der Waals surface area contributed by atoms with Crippen LogP contribution in [-0.2, 0) is 19.4 Å². The van der Waals surface area contributed by atoms with Gasteiger partial charge in [0.15, 0.2) is 5.82 Å². The Labute approximate surface area is 159 Å². The maximum atomic E-state index is 12.7. The molecule has 5 nitrogen and oxygen atoms in total. The molecular formula is C22H22N4O. The van der Waals surface area contributed by atoms with Gasteiger partial charge in [-0.1, -0.05) is 55.5 Å². The van der Waals surface area contributed by atoms with Gasteiger partial charge in [0, 0.05) is 36.0 Å². The van der Waals surface area contributed by atoms with Crippen molar-refractivity contribution in [3.05, 3.63) is 77.6 Å². The van der Waals surface area contributed by atoms with Crippen LogP contribution in [0.15, 0.2) is 60.8 Å². The summed E-state index contributed by atoms with van der Waals surface area (Å²) in [4.78, 5) is 23.7. The minimum absolute atomic E-state index is 0.0753. The molecule has 0 saturated heterocycles. The van der Waals surface area contributed by atoms with Crippen LogP contribution in [-0.4, -0.2) is 27.4 Å². The van der Waals surface area contributed by atoms with Crippen molar-refractivity contribution < 1.29 is 4.79 Å². The number of anilines is 1. The number of carbonyl (C=O) groups excluding carboxylic acids is 1. The molecule has 0 unspecified atom stereocenters. The summed E-state index contributed by atoms with van der Waals surface area (Å²) in [5.41, 5.74) is 5.07. The van der Waals surface area contributed by atoms with Crippen LogP contribution in [0.2, 0.25) is 0 Å². The lowest BCUT2D eigenvalue weighted by molar-refractivity contribution is 0.206. The van der Waals surface area contributed by atoms with Crippen molar-refractivity contribution in [1.29, 1.82) is 0 Å². The Balaban J connectivity index is 1.49. The molecule has 0 fully saturated rings. The van der Waals surface area contributed by atoms with Crippen LogP contribution < -0.4 is 5.32 Å². The molecule has 2 aromatic carbocycles. The van der Waals surface area contributed by atoms with E-state index in [4.69, 9.17) is 4.98 Å². The number of carbonyl (C=O) groups is 1. The van der Waals surface area contributed by atoms with Crippen molar-refractivity contribution in [2.75, 3.05) is 11.9 Å². The van der Waals surface area contributed by atoms with E-state index in [1.807, 2.05) is 65.7 Å². The number of aryl methyl sites for hydroxylation is 1. The maximum Gasteiger partial charge on any atom is 0.322 e. The van der Waals surface area contributed by atoms with Gasteiger partial charge in [-0.2, -0.15) is 0 Å². The van der Waals surface area contributed by atoms with E-state index in [0.717, 1.165) is 46.7 Å². The van der Waals surface area contributed by atoms with Gasteiger partial charge in [-0.25, -0.2) is 14.8 Å². The monoisotopic (exact) mass is 358 g/mol. The third kappa shape index (κ3) is 3.67. The number of fused-ring (bicyclic) bond motifs is 1. The Bertz CT molecular complexity index is 956. The van der Waals surface area contributed by atoms with Gasteiger partial charge in [0.2, 0.25) is 0 Å². The van der Waals surface area contributed by atoms with Gasteiger partial charge in [0.05, 0.1) is 12.2 Å². The average Bonchev–Trinajstić information content (AvgIpc) is 2.74. The first-order valence-electron chi connectivity index (χ1n) is 9.28. The molecule has 0 atom stereocenters. The van der Waals surface area contributed by atoms with Crippen molar-refractivity contribution in [2.24, 2.45) is 0 Å². The summed E-state index contributed by atoms with van der Waals surface area (Å²) in [5, 5.41) is 3.05. The Kier molecular flexibility index (Phi) is 4.83. The van der Waals surface area contributed by atoms with Crippen molar-refractivity contribution in [1.82, 2.24) is 14.9 Å². The summed E-state index contributed by atoms with van der Waals surface area (Å²) in [7, 11) is 0. The Morgan fingerprint density at radius 3 is 2.70 bits per heavy atom. The first-order valence-corrected chi connectivity index (χ1v) is 9.28. The lowest BCUT2D eigenvalue weighted by Gasteiger charge is -2.28. The Hall–Kier alpha value is -3.21. The number of hydrogen-bond donors (Lipinski definition) is 1. The number of aromatic nitrogens is 2. The predicted octanol–water partition coefficient (Wildman–Crippen LogP) is 4.30. The molecule has 1 aliphatic rings. The van der Waals surface area contributed by atoms with Crippen LogP contribution in [0.5, 0.6) is 0 Å². The third-order valence-electron chi connectivity index (χ3n) is 4.89. The molecule has 0 aliphatic carbocycles. The predicted molar refractivity (Wildman–Crippen MR) is 106 cm³/mol. The molecule has 3 aromatic rings. The van der Waals surface area contributed by atoms with E-state index in [0.29, 0.717) is 13.1 Å². The second kappa shape index (κ2) is 7.58. The van der Waals surface area contributed by atoms with Crippen molar-refractivity contribution in [3.8, 4) is 11.4 Å². The van der Waals surface area contributed by atoms with E-state index in [1.165, 1.54) is 0 Å². The number of nitrogens with one attached hydrogen (secondary N) is 1. The molecule has 4 rings (SSSR count). The molecule has 5 heteroatoms. The summed E-state index contributed by atoms with van der Waals surface area (Å²) in [5.74, 6) is 0.740. The number of rotatable bonds is 3. The largest absolute Gasteiger partial charge is 0.322 e. The molecule has 1 aromatic heterocycles. The average molecular weight is 358 g/mol. The number of hydrogen-bond acceptors (Lipinski definition) is 3. The normalized spacial score (nSPS) is 13.1. The summed E-state index contributed by atoms with van der Waals surface area (Å²) < 4.78 is 0. The van der Waals surface area contributed by atoms with Crippen molar-refractivity contribution in [2.45, 2.75) is 26.3 Å². The number of amides is 2. The molecule has 0 spiro atoms. The SMILES string of the molecule is CCc1ccccc1NC(=O)N1CCc2nc(-c3ccccc3)ncc2C1. The molecule has 0 saturated carbocycles. The molecule has 1 aliphatic heterocycles. The highest BCUT2D eigenvalue weighted by atomic mass is 16.2. The molecule has 1 N–H and O–H groups in total. The van der Waals surface area contributed by atoms with Gasteiger partial charge in [-0.05, 0) is 18.1 Å². The minimum atomic E-state index is -0.0753. The van der Waals surface area contributed by atoms with E-state index in [9.17, 15) is 4.79 Å². The van der Waals surface area contributed by atoms with E-state index in [2.05, 4.69) is 17.2 Å². The zero-order chi connectivity index (χ0) is 18.6. The van der Waals surface area contributed by atoms with Crippen LogP contribution in [0, 0.1) is 0 Å². The Morgan fingerprint density at radius 1 is 1.11 bits per heavy atom. The molecule has 136 valence electrons. The van der Waals surface area contributed by atoms with Crippen LogP contribution in [0.4, 0.5) is 10.5 Å². The lowest BCUT2D eigenvalue weighted by Crippen LogP contribution is -2.39. The summed E-state index contributed by atoms with van der Waals surface area (Å²) in [6, 6.07) is 17.8. The molecule has 0 radical (unpaired) electrons. The van der Waals surface area contributed by atoms with Gasteiger partial charge in [0.1, 0.15) is 0 Å². The molecule has 0 bridgehead atoms. The minimum Gasteiger partial charge on any atom is -0.320 e. The molecule has 2 heterocycles. The highest BCUT2D eigenvalue weighted by molar-refractivity contribution is 5.90. The van der Waals surface area contributed by atoms with Crippen LogP contribution >= 0.6 is 0 Å². The molecule has 2 amide bonds. The fraction of sp³-hybridized carbons (Fsp3) is 0.227. The number of nitrogens with zero attached hydrogens (tertiary/aromatic N) is 3. The fourth-order valence-corrected chi connectivity index (χ4v) is 3.36. The Morgan fingerprint density at radius 2 is 1.89 bits per heavy atom. The van der Waals surface area contributed by atoms with Crippen LogP contribution in [0.1, 0.15) is 23.7 Å². The second-order valence-electron chi connectivity index (χ2n) is 6.64. The zero-order valence-electron chi connectivity index (χ0n) is 15.4. The summed E-state index contributed by atoms with van der Waals surface area (Å²) in [6.45, 7) is 3.27. The van der Waals surface area contributed by atoms with Gasteiger partial charge >= 0.3 is 6.03 Å². The van der Waals surface area contributed by atoms with Gasteiger partial charge < -0.3 is 10.2 Å². The smallest absolute Gasteiger partial charge is 0.320 e. The van der Waals surface area contributed by atoms with Gasteiger partial charge in [-0.3, -0.25) is 0 Å². The zero-order valence-corrected chi connectivity index (χ0v) is 15.4. The van der Waals surface area contributed by atoms with Gasteiger partial charge in [0.25, 0.3) is 0 Å². The topological polar surface area (TPSA) is 58.1 Å². The summed E-state index contributed by atoms with van der Waals surface area (Å²) >= 11 is 0. The van der Waals surface area contributed by atoms with E-state index in [1.54, 1.807) is 0 Å². The highest BCUT2D eigenvalue weighted by Crippen LogP contribution is 2.22. The first-order chi connectivity index (χ1) is 13.2. The first kappa shape index (κ1) is 17.2. The maximum absolute atomic E-state index is 12.7. The van der Waals surface area contributed by atoms with E-state index < -0.39 is 0 Å². The molecular weight excluding hydrogens is 336 g/mol.